The van der Waals surface area contributed by atoms with E-state index in [1.165, 1.54) is 19.9 Å². The highest BCUT2D eigenvalue weighted by molar-refractivity contribution is 6.40. The molecule has 0 saturated heterocycles. The number of amides is 1. The van der Waals surface area contributed by atoms with Crippen molar-refractivity contribution in [3.63, 3.8) is 0 Å². The van der Waals surface area contributed by atoms with Crippen molar-refractivity contribution in [3.05, 3.63) is 11.8 Å². The Balaban J connectivity index is 2.69. The summed E-state index contributed by atoms with van der Waals surface area (Å²) in [5, 5.41) is 7.98. The first-order chi connectivity index (χ1) is 11.7. The minimum atomic E-state index is -2.11. The molecule has 9 heteroatoms. The van der Waals surface area contributed by atoms with E-state index in [1.807, 2.05) is 0 Å². The number of carbonyl (C=O) groups excluding carboxylic acids is 3. The highest BCUT2D eigenvalue weighted by Crippen LogP contribution is 2.29. The van der Waals surface area contributed by atoms with Gasteiger partial charge >= 0.3 is 0 Å². The van der Waals surface area contributed by atoms with Crippen molar-refractivity contribution in [2.24, 2.45) is 10.8 Å². The summed E-state index contributed by atoms with van der Waals surface area (Å²) < 4.78 is 15.1. The summed E-state index contributed by atoms with van der Waals surface area (Å²) in [7, 11) is 0. The third-order valence-electron chi connectivity index (χ3n) is 4.06. The van der Waals surface area contributed by atoms with Crippen LogP contribution in [0.2, 0.25) is 0 Å². The van der Waals surface area contributed by atoms with E-state index < -0.39 is 41.9 Å². The summed E-state index contributed by atoms with van der Waals surface area (Å²) in [6, 6.07) is -1.85. The van der Waals surface area contributed by atoms with Crippen LogP contribution in [0.3, 0.4) is 0 Å². The number of carbonyl (C=O) groups is 3. The molecular formula is C16H26FN5O3. The van der Waals surface area contributed by atoms with E-state index in [2.05, 4.69) is 15.7 Å². The average molecular weight is 355 g/mol. The monoisotopic (exact) mass is 355 g/mol. The van der Waals surface area contributed by atoms with Crippen LogP contribution in [0.25, 0.3) is 0 Å². The van der Waals surface area contributed by atoms with E-state index in [4.69, 9.17) is 11.3 Å². The van der Waals surface area contributed by atoms with Crippen LogP contribution in [0.5, 0.6) is 0 Å². The Morgan fingerprint density at radius 2 is 2.04 bits per heavy atom. The second kappa shape index (κ2) is 9.47. The maximum absolute atomic E-state index is 15.1. The normalized spacial score (nSPS) is 25.5. The molecule has 0 radical (unpaired) electrons. The molecule has 0 saturated carbocycles. The molecule has 0 aliphatic heterocycles. The minimum Gasteiger partial charge on any atom is -0.345 e. The van der Waals surface area contributed by atoms with Crippen molar-refractivity contribution < 1.29 is 18.8 Å². The van der Waals surface area contributed by atoms with Crippen LogP contribution < -0.4 is 16.4 Å². The van der Waals surface area contributed by atoms with Crippen molar-refractivity contribution in [2.45, 2.75) is 63.8 Å². The predicted octanol–water partition coefficient (Wildman–Crippen LogP) is 1.11. The summed E-state index contributed by atoms with van der Waals surface area (Å²) in [5.41, 5.74) is 12.5. The van der Waals surface area contributed by atoms with Gasteiger partial charge in [0.2, 0.25) is 23.3 Å². The second-order valence-corrected chi connectivity index (χ2v) is 6.26. The third kappa shape index (κ3) is 6.09. The molecule has 140 valence electrons. The molecule has 1 amide bonds. The van der Waals surface area contributed by atoms with Gasteiger partial charge in [-0.1, -0.05) is 12.5 Å². The first-order valence-electron chi connectivity index (χ1n) is 8.36. The van der Waals surface area contributed by atoms with Crippen LogP contribution in [-0.2, 0) is 14.4 Å². The van der Waals surface area contributed by atoms with Gasteiger partial charge in [-0.05, 0) is 33.1 Å². The lowest BCUT2D eigenvalue weighted by Gasteiger charge is -2.27. The Morgan fingerprint density at radius 3 is 2.64 bits per heavy atom. The predicted molar refractivity (Wildman–Crippen MR) is 89.4 cm³/mol. The van der Waals surface area contributed by atoms with Crippen LogP contribution in [0.4, 0.5) is 4.39 Å². The molecular weight excluding hydrogens is 329 g/mol. The van der Waals surface area contributed by atoms with Gasteiger partial charge in [-0.25, -0.2) is 9.92 Å². The van der Waals surface area contributed by atoms with Gasteiger partial charge < -0.3 is 11.1 Å². The number of halogens is 1. The molecule has 0 aromatic heterocycles. The molecule has 3 atom stereocenters. The first kappa shape index (κ1) is 21.0. The lowest BCUT2D eigenvalue weighted by Crippen LogP contribution is -2.51. The molecule has 5 N–H and O–H groups in total. The smallest absolute Gasteiger partial charge is 0.237 e. The molecule has 0 bridgehead atoms. The highest BCUT2D eigenvalue weighted by Gasteiger charge is 2.36. The molecule has 1 rings (SSSR count). The lowest BCUT2D eigenvalue weighted by atomic mass is 9.97. The van der Waals surface area contributed by atoms with Crippen molar-refractivity contribution in [2.75, 3.05) is 6.54 Å². The Kier molecular flexibility index (Phi) is 7.98. The summed E-state index contributed by atoms with van der Waals surface area (Å²) in [6.07, 6.45) is 4.53. The summed E-state index contributed by atoms with van der Waals surface area (Å²) in [5.74, 6) is -4.37. The van der Waals surface area contributed by atoms with E-state index >= 15 is 4.39 Å². The molecule has 0 spiro atoms. The quantitative estimate of drug-likeness (QED) is 0.294. The molecule has 0 aromatic carbocycles. The van der Waals surface area contributed by atoms with Crippen LogP contribution >= 0.6 is 0 Å². The molecule has 0 aromatic rings. The molecule has 1 unspecified atom stereocenters. The number of hydrogen-bond acceptors (Lipinski definition) is 7. The van der Waals surface area contributed by atoms with Crippen molar-refractivity contribution in [1.82, 2.24) is 10.6 Å². The fourth-order valence-corrected chi connectivity index (χ4v) is 2.49. The summed E-state index contributed by atoms with van der Waals surface area (Å²) in [4.78, 5) is 35.5. The van der Waals surface area contributed by atoms with E-state index in [-0.39, 0.29) is 12.1 Å². The Hall–Kier alpha value is -2.00. The number of allylic oxidation sites excluding steroid dienone is 1. The zero-order valence-electron chi connectivity index (χ0n) is 14.6. The van der Waals surface area contributed by atoms with Gasteiger partial charge in [0.1, 0.15) is 5.70 Å². The lowest BCUT2D eigenvalue weighted by molar-refractivity contribution is -0.138. The van der Waals surface area contributed by atoms with Gasteiger partial charge in [-0.3, -0.25) is 19.7 Å². The molecule has 8 nitrogen and oxygen atoms in total. The number of hydrogen-bond donors (Lipinski definition) is 4. The molecule has 1 aliphatic rings. The van der Waals surface area contributed by atoms with Crippen LogP contribution in [0, 0.1) is 5.53 Å². The van der Waals surface area contributed by atoms with Gasteiger partial charge in [0.05, 0.1) is 18.6 Å². The number of nitrogens with one attached hydrogen (secondary N) is 3. The standard InChI is InChI=1S/C16H26FN5O3/c1-10(18)15(25)21-11(2)14(24)12(23)9-20-16(17)8-6-4-3-5-7-13(16)22-19/h7,10-11,19-20H,3-6,8-9,18H2,1-2H3,(H,21,25)/b13-7+,22-19?/t10-,11-,16?/m0/s1. The maximum atomic E-state index is 15.1. The SMILES string of the molecule is C[C@H](N)C(=O)N[C@@H](C)C(=O)C(=O)CNC1(F)CCCCC/C=C\1N=N. The van der Waals surface area contributed by atoms with Gasteiger partial charge in [-0.2, -0.15) is 5.11 Å². The second-order valence-electron chi connectivity index (χ2n) is 6.26. The van der Waals surface area contributed by atoms with Gasteiger partial charge in [0.15, 0.2) is 0 Å². The molecule has 0 heterocycles. The number of ketones is 2. The van der Waals surface area contributed by atoms with Crippen molar-refractivity contribution in [3.8, 4) is 0 Å². The molecule has 0 fully saturated rings. The highest BCUT2D eigenvalue weighted by atomic mass is 19.1. The zero-order chi connectivity index (χ0) is 19.0. The minimum absolute atomic E-state index is 0.0691. The van der Waals surface area contributed by atoms with E-state index in [0.717, 1.165) is 12.8 Å². The number of rotatable bonds is 8. The number of nitrogens with two attached hydrogens (primary N) is 1. The summed E-state index contributed by atoms with van der Waals surface area (Å²) in [6.45, 7) is 2.28. The summed E-state index contributed by atoms with van der Waals surface area (Å²) >= 11 is 0. The van der Waals surface area contributed by atoms with E-state index in [1.54, 1.807) is 0 Å². The topological polar surface area (TPSA) is 138 Å². The zero-order valence-corrected chi connectivity index (χ0v) is 14.6. The maximum Gasteiger partial charge on any atom is 0.237 e. The number of alkyl halides is 1. The van der Waals surface area contributed by atoms with Crippen LogP contribution in [0.1, 0.15) is 46.0 Å². The molecule has 25 heavy (non-hydrogen) atoms. The largest absolute Gasteiger partial charge is 0.345 e. The van der Waals surface area contributed by atoms with Crippen LogP contribution in [-0.4, -0.2) is 41.9 Å². The fraction of sp³-hybridized carbons (Fsp3) is 0.688. The van der Waals surface area contributed by atoms with Gasteiger partial charge in [0.25, 0.3) is 0 Å². The third-order valence-corrected chi connectivity index (χ3v) is 4.06. The van der Waals surface area contributed by atoms with E-state index in [9.17, 15) is 14.4 Å². The Morgan fingerprint density at radius 1 is 1.36 bits per heavy atom. The van der Waals surface area contributed by atoms with Gasteiger partial charge in [0, 0.05) is 6.42 Å². The Bertz CT molecular complexity index is 564. The van der Waals surface area contributed by atoms with Crippen molar-refractivity contribution >= 4 is 17.5 Å². The van der Waals surface area contributed by atoms with Crippen LogP contribution in [0.15, 0.2) is 16.9 Å². The fourth-order valence-electron chi connectivity index (χ4n) is 2.49. The van der Waals surface area contributed by atoms with E-state index in [0.29, 0.717) is 12.8 Å². The number of Topliss-reactive ketones (excluding diaryl/α,β-unsaturated/α-hetero) is 2. The average Bonchev–Trinajstić information content (AvgIpc) is 2.56. The molecule has 1 aliphatic carbocycles. The number of nitrogens with zero attached hydrogens (tertiary/aromatic N) is 1. The van der Waals surface area contributed by atoms with Crippen molar-refractivity contribution in [1.29, 1.82) is 5.53 Å². The first-order valence-corrected chi connectivity index (χ1v) is 8.36. The Labute approximate surface area is 146 Å². The van der Waals surface area contributed by atoms with Gasteiger partial charge in [-0.15, -0.1) is 0 Å².